The molecule has 1 amide bonds. The number of para-hydroxylation sites is 1. The van der Waals surface area contributed by atoms with Gasteiger partial charge in [-0.2, -0.15) is 0 Å². The molecular formula is C16H12N4O4S. The van der Waals surface area contributed by atoms with Crippen LogP contribution < -0.4 is 10.1 Å². The molecule has 1 N–H and O–H groups in total. The summed E-state index contributed by atoms with van der Waals surface area (Å²) in [6, 6.07) is 12.7. The summed E-state index contributed by atoms with van der Waals surface area (Å²) in [7, 11) is 0. The summed E-state index contributed by atoms with van der Waals surface area (Å²) in [5.74, 6) is 0.151. The largest absolute Gasteiger partial charge is 0.457 e. The maximum Gasteiger partial charge on any atom is 0.270 e. The van der Waals surface area contributed by atoms with Gasteiger partial charge in [-0.1, -0.05) is 29.5 Å². The minimum absolute atomic E-state index is 0.0332. The molecule has 0 aliphatic carbocycles. The topological polar surface area (TPSA) is 107 Å². The Morgan fingerprint density at radius 3 is 2.60 bits per heavy atom. The Balaban J connectivity index is 1.94. The fourth-order valence-corrected chi connectivity index (χ4v) is 2.61. The number of carbonyl (C=O) groups is 1. The van der Waals surface area contributed by atoms with E-state index >= 15 is 0 Å². The average Bonchev–Trinajstić information content (AvgIpc) is 3.00. The van der Waals surface area contributed by atoms with E-state index in [1.807, 2.05) is 6.07 Å². The number of ether oxygens (including phenoxy) is 1. The summed E-state index contributed by atoms with van der Waals surface area (Å²) < 4.78 is 5.69. The third-order valence-electron chi connectivity index (χ3n) is 3.14. The summed E-state index contributed by atoms with van der Waals surface area (Å²) >= 11 is 1.20. The first-order chi connectivity index (χ1) is 12.0. The molecular weight excluding hydrogens is 344 g/mol. The van der Waals surface area contributed by atoms with E-state index in [2.05, 4.69) is 15.5 Å². The molecule has 9 heteroatoms. The average molecular weight is 356 g/mol. The Kier molecular flexibility index (Phi) is 4.66. The zero-order valence-corrected chi connectivity index (χ0v) is 13.8. The van der Waals surface area contributed by atoms with Crippen LogP contribution in [0.25, 0.3) is 0 Å². The predicted octanol–water partition coefficient (Wildman–Crippen LogP) is 3.80. The number of nitro groups is 1. The van der Waals surface area contributed by atoms with Gasteiger partial charge in [0.15, 0.2) is 0 Å². The van der Waals surface area contributed by atoms with Crippen LogP contribution in [-0.4, -0.2) is 21.0 Å². The van der Waals surface area contributed by atoms with Gasteiger partial charge in [0.25, 0.3) is 11.6 Å². The highest BCUT2D eigenvalue weighted by molar-refractivity contribution is 7.15. The smallest absolute Gasteiger partial charge is 0.270 e. The highest BCUT2D eigenvalue weighted by Gasteiger charge is 2.19. The summed E-state index contributed by atoms with van der Waals surface area (Å²) in [6.45, 7) is 1.75. The van der Waals surface area contributed by atoms with Gasteiger partial charge in [0, 0.05) is 12.1 Å². The Morgan fingerprint density at radius 1 is 1.20 bits per heavy atom. The van der Waals surface area contributed by atoms with E-state index in [9.17, 15) is 14.9 Å². The van der Waals surface area contributed by atoms with Crippen molar-refractivity contribution in [3.8, 4) is 11.5 Å². The van der Waals surface area contributed by atoms with Crippen LogP contribution in [0.1, 0.15) is 15.4 Å². The fraction of sp³-hybridized carbons (Fsp3) is 0.0625. The van der Waals surface area contributed by atoms with Gasteiger partial charge < -0.3 is 4.74 Å². The normalized spacial score (nSPS) is 10.3. The van der Waals surface area contributed by atoms with Crippen LogP contribution in [-0.2, 0) is 0 Å². The Labute approximate surface area is 146 Å². The Bertz CT molecular complexity index is 927. The molecule has 0 aliphatic rings. The number of nitro benzene ring substituents is 1. The van der Waals surface area contributed by atoms with Crippen molar-refractivity contribution in [1.29, 1.82) is 0 Å². The molecule has 0 radical (unpaired) electrons. The van der Waals surface area contributed by atoms with Crippen molar-refractivity contribution >= 4 is 28.1 Å². The standard InChI is InChI=1S/C16H12N4O4S/c1-10-18-19-16(25-10)17-15(21)13-9-11(20(22)23)7-8-14(13)24-12-5-3-2-4-6-12/h2-9H,1H3,(H,17,19,21). The number of benzene rings is 2. The van der Waals surface area contributed by atoms with Gasteiger partial charge in [-0.05, 0) is 25.1 Å². The number of non-ortho nitro benzene ring substituents is 1. The van der Waals surface area contributed by atoms with Crippen molar-refractivity contribution < 1.29 is 14.5 Å². The molecule has 3 aromatic rings. The quantitative estimate of drug-likeness (QED) is 0.550. The summed E-state index contributed by atoms with van der Waals surface area (Å²) in [5.41, 5.74) is -0.176. The maximum absolute atomic E-state index is 12.5. The number of anilines is 1. The molecule has 0 unspecified atom stereocenters. The SMILES string of the molecule is Cc1nnc(NC(=O)c2cc([N+](=O)[O-])ccc2Oc2ccccc2)s1. The first kappa shape index (κ1) is 16.5. The number of nitrogens with one attached hydrogen (secondary N) is 1. The van der Waals surface area contributed by atoms with Gasteiger partial charge in [0.1, 0.15) is 16.5 Å². The van der Waals surface area contributed by atoms with Crippen LogP contribution in [0.3, 0.4) is 0 Å². The van der Waals surface area contributed by atoms with Gasteiger partial charge in [0.05, 0.1) is 10.5 Å². The maximum atomic E-state index is 12.5. The number of nitrogens with zero attached hydrogens (tertiary/aromatic N) is 3. The monoisotopic (exact) mass is 356 g/mol. The van der Waals surface area contributed by atoms with Crippen molar-refractivity contribution in [2.45, 2.75) is 6.92 Å². The minimum atomic E-state index is -0.571. The van der Waals surface area contributed by atoms with E-state index in [0.29, 0.717) is 15.9 Å². The summed E-state index contributed by atoms with van der Waals surface area (Å²) in [6.07, 6.45) is 0. The van der Waals surface area contributed by atoms with Crippen molar-refractivity contribution in [2.24, 2.45) is 0 Å². The molecule has 3 rings (SSSR count). The molecule has 1 aromatic heterocycles. The molecule has 0 aliphatic heterocycles. The lowest BCUT2D eigenvalue weighted by Gasteiger charge is -2.10. The van der Waals surface area contributed by atoms with Crippen LogP contribution in [0.2, 0.25) is 0 Å². The van der Waals surface area contributed by atoms with Crippen molar-refractivity contribution in [3.05, 3.63) is 69.2 Å². The van der Waals surface area contributed by atoms with Crippen molar-refractivity contribution in [3.63, 3.8) is 0 Å². The van der Waals surface area contributed by atoms with E-state index in [0.717, 1.165) is 0 Å². The minimum Gasteiger partial charge on any atom is -0.457 e. The second kappa shape index (κ2) is 7.05. The second-order valence-electron chi connectivity index (χ2n) is 4.93. The molecule has 2 aromatic carbocycles. The summed E-state index contributed by atoms with van der Waals surface area (Å²) in [4.78, 5) is 23.0. The molecule has 1 heterocycles. The van der Waals surface area contributed by atoms with Crippen LogP contribution in [0.5, 0.6) is 11.5 Å². The molecule has 0 saturated heterocycles. The first-order valence-electron chi connectivity index (χ1n) is 7.16. The Morgan fingerprint density at radius 2 is 1.96 bits per heavy atom. The lowest BCUT2D eigenvalue weighted by Crippen LogP contribution is -2.13. The third kappa shape index (κ3) is 3.96. The highest BCUT2D eigenvalue weighted by atomic mass is 32.1. The molecule has 0 saturated carbocycles. The van der Waals surface area contributed by atoms with Gasteiger partial charge in [-0.3, -0.25) is 20.2 Å². The molecule has 0 fully saturated rings. The molecule has 0 atom stereocenters. The summed E-state index contributed by atoms with van der Waals surface area (Å²) in [5, 5.41) is 22.2. The zero-order chi connectivity index (χ0) is 17.8. The van der Waals surface area contributed by atoms with E-state index < -0.39 is 10.8 Å². The number of rotatable bonds is 5. The highest BCUT2D eigenvalue weighted by Crippen LogP contribution is 2.29. The van der Waals surface area contributed by atoms with Crippen LogP contribution in [0.4, 0.5) is 10.8 Å². The predicted molar refractivity (Wildman–Crippen MR) is 92.2 cm³/mol. The second-order valence-corrected chi connectivity index (χ2v) is 6.11. The Hall–Kier alpha value is -3.33. The number of carbonyl (C=O) groups excluding carboxylic acids is 1. The number of hydrogen-bond acceptors (Lipinski definition) is 7. The third-order valence-corrected chi connectivity index (χ3v) is 3.89. The molecule has 25 heavy (non-hydrogen) atoms. The lowest BCUT2D eigenvalue weighted by atomic mass is 10.1. The number of hydrogen-bond donors (Lipinski definition) is 1. The number of aromatic nitrogens is 2. The van der Waals surface area contributed by atoms with E-state index in [1.165, 1.54) is 29.5 Å². The molecule has 8 nitrogen and oxygen atoms in total. The lowest BCUT2D eigenvalue weighted by molar-refractivity contribution is -0.384. The molecule has 0 spiro atoms. The van der Waals surface area contributed by atoms with E-state index in [1.54, 1.807) is 31.2 Å². The van der Waals surface area contributed by atoms with Crippen LogP contribution in [0, 0.1) is 17.0 Å². The van der Waals surface area contributed by atoms with Gasteiger partial charge in [-0.25, -0.2) is 0 Å². The van der Waals surface area contributed by atoms with Crippen molar-refractivity contribution in [2.75, 3.05) is 5.32 Å². The van der Waals surface area contributed by atoms with Gasteiger partial charge in [0.2, 0.25) is 5.13 Å². The van der Waals surface area contributed by atoms with Crippen LogP contribution in [0.15, 0.2) is 48.5 Å². The number of aryl methyl sites for hydroxylation is 1. The van der Waals surface area contributed by atoms with Gasteiger partial charge in [-0.15, -0.1) is 10.2 Å². The zero-order valence-electron chi connectivity index (χ0n) is 13.0. The fourth-order valence-electron chi connectivity index (χ4n) is 2.03. The van der Waals surface area contributed by atoms with Crippen LogP contribution >= 0.6 is 11.3 Å². The molecule has 126 valence electrons. The van der Waals surface area contributed by atoms with E-state index in [-0.39, 0.29) is 17.0 Å². The first-order valence-corrected chi connectivity index (χ1v) is 7.97. The van der Waals surface area contributed by atoms with Crippen molar-refractivity contribution in [1.82, 2.24) is 10.2 Å². The number of amides is 1. The van der Waals surface area contributed by atoms with Gasteiger partial charge >= 0.3 is 0 Å². The van der Waals surface area contributed by atoms with E-state index in [4.69, 9.17) is 4.74 Å². The molecule has 0 bridgehead atoms.